The van der Waals surface area contributed by atoms with Crippen molar-refractivity contribution < 1.29 is 17.4 Å². The van der Waals surface area contributed by atoms with E-state index >= 15 is 0 Å². The molecular formula is C13H16Cl3NO4S. The Morgan fingerprint density at radius 2 is 1.82 bits per heavy atom. The summed E-state index contributed by atoms with van der Waals surface area (Å²) in [5.74, 6) is 0.0570. The van der Waals surface area contributed by atoms with Gasteiger partial charge in [0.2, 0.25) is 3.79 Å². The fourth-order valence-electron chi connectivity index (χ4n) is 1.67. The van der Waals surface area contributed by atoms with Crippen LogP contribution in [-0.4, -0.2) is 24.6 Å². The van der Waals surface area contributed by atoms with Crippen LogP contribution in [0.3, 0.4) is 0 Å². The van der Waals surface area contributed by atoms with Crippen LogP contribution in [0.5, 0.6) is 0 Å². The monoisotopic (exact) mass is 387 g/mol. The summed E-state index contributed by atoms with van der Waals surface area (Å²) in [6.45, 7) is 2.57. The first kappa shape index (κ1) is 19.7. The third-order valence-corrected chi connectivity index (χ3v) is 4.03. The summed E-state index contributed by atoms with van der Waals surface area (Å²) in [7, 11) is -4.05. The maximum atomic E-state index is 11.7. The third-order valence-electron chi connectivity index (χ3n) is 2.63. The Hall–Kier alpha value is -0.370. The molecule has 1 rings (SSSR count). The van der Waals surface area contributed by atoms with Crippen LogP contribution in [0.15, 0.2) is 24.3 Å². The number of carbonyl (C=O) groups is 1. The van der Waals surface area contributed by atoms with Crippen LogP contribution in [-0.2, 0) is 25.7 Å². The van der Waals surface area contributed by atoms with Crippen molar-refractivity contribution in [1.82, 2.24) is 4.72 Å². The molecule has 1 atom stereocenters. The second-order valence-electron chi connectivity index (χ2n) is 4.79. The number of alkyl halides is 3. The van der Waals surface area contributed by atoms with Gasteiger partial charge < -0.3 is 0 Å². The summed E-state index contributed by atoms with van der Waals surface area (Å²) in [6.07, 6.45) is 0.340. The van der Waals surface area contributed by atoms with Gasteiger partial charge in [0.1, 0.15) is 12.4 Å². The number of hydrogen-bond acceptors (Lipinski definition) is 4. The second kappa shape index (κ2) is 7.95. The molecule has 1 unspecified atom stereocenters. The molecule has 9 heteroatoms. The van der Waals surface area contributed by atoms with Crippen LogP contribution < -0.4 is 4.72 Å². The molecule has 0 aromatic heterocycles. The van der Waals surface area contributed by atoms with E-state index in [2.05, 4.69) is 8.91 Å². The zero-order chi connectivity index (χ0) is 17.0. The molecule has 0 aliphatic rings. The fraction of sp³-hybridized carbons (Fsp3) is 0.462. The normalized spacial score (nSPS) is 13.9. The summed E-state index contributed by atoms with van der Waals surface area (Å²) < 4.78 is 28.5. The predicted octanol–water partition coefficient (Wildman–Crippen LogP) is 3.10. The largest absolute Gasteiger partial charge is 0.336 e. The predicted molar refractivity (Wildman–Crippen MR) is 87.5 cm³/mol. The maximum absolute atomic E-state index is 11.7. The van der Waals surface area contributed by atoms with E-state index in [0.717, 1.165) is 5.56 Å². The molecule has 0 aliphatic carbocycles. The second-order valence-corrected chi connectivity index (χ2v) is 8.69. The number of nitrogens with one attached hydrogen (secondary N) is 1. The van der Waals surface area contributed by atoms with Gasteiger partial charge >= 0.3 is 10.3 Å². The van der Waals surface area contributed by atoms with Crippen LogP contribution in [0.4, 0.5) is 0 Å². The Kier molecular flexibility index (Phi) is 7.11. The van der Waals surface area contributed by atoms with E-state index in [1.165, 1.54) is 6.92 Å². The molecule has 0 spiro atoms. The molecule has 1 N–H and O–H groups in total. The lowest BCUT2D eigenvalue weighted by molar-refractivity contribution is -0.116. The number of Topliss-reactive ketones (excluding diaryl/α,β-unsaturated/α-hetero) is 1. The van der Waals surface area contributed by atoms with Gasteiger partial charge in [0, 0.05) is 12.5 Å². The number of carbonyl (C=O) groups excluding carboxylic acids is 1. The summed E-state index contributed by atoms with van der Waals surface area (Å²) in [6, 6.07) is 6.47. The van der Waals surface area contributed by atoms with Gasteiger partial charge in [-0.2, -0.15) is 13.1 Å². The van der Waals surface area contributed by atoms with Crippen molar-refractivity contribution in [2.75, 3.05) is 6.61 Å². The first-order valence-electron chi connectivity index (χ1n) is 6.30. The van der Waals surface area contributed by atoms with Crippen molar-refractivity contribution >= 4 is 50.9 Å². The van der Waals surface area contributed by atoms with Gasteiger partial charge in [-0.15, -0.1) is 0 Å². The van der Waals surface area contributed by atoms with Gasteiger partial charge in [0.05, 0.1) is 0 Å². The minimum atomic E-state index is -4.05. The van der Waals surface area contributed by atoms with E-state index in [9.17, 15) is 13.2 Å². The van der Waals surface area contributed by atoms with Crippen molar-refractivity contribution in [3.63, 3.8) is 0 Å². The summed E-state index contributed by atoms with van der Waals surface area (Å²) in [4.78, 5) is 11.0. The lowest BCUT2D eigenvalue weighted by atomic mass is 10.0. The number of halogens is 3. The first-order valence-corrected chi connectivity index (χ1v) is 8.84. The molecule has 0 heterocycles. The van der Waals surface area contributed by atoms with Crippen molar-refractivity contribution in [3.8, 4) is 0 Å². The average Bonchev–Trinajstić information content (AvgIpc) is 2.35. The molecule has 1 aromatic carbocycles. The Bertz CT molecular complexity index is 611. The lowest BCUT2D eigenvalue weighted by Gasteiger charge is -2.16. The van der Waals surface area contributed by atoms with E-state index in [1.54, 1.807) is 31.2 Å². The molecule has 124 valence electrons. The van der Waals surface area contributed by atoms with E-state index < -0.39 is 26.7 Å². The Labute approximate surface area is 145 Å². The van der Waals surface area contributed by atoms with E-state index in [-0.39, 0.29) is 5.78 Å². The molecule has 0 saturated heterocycles. The van der Waals surface area contributed by atoms with Gasteiger partial charge in [-0.3, -0.25) is 8.98 Å². The SMILES string of the molecule is CC(=O)Cc1ccc(C(C)NS(=O)(=O)OCC(Cl)(Cl)Cl)cc1. The van der Waals surface area contributed by atoms with Crippen LogP contribution >= 0.6 is 34.8 Å². The van der Waals surface area contributed by atoms with E-state index in [4.69, 9.17) is 34.8 Å². The van der Waals surface area contributed by atoms with Crippen LogP contribution in [0, 0.1) is 0 Å². The first-order chi connectivity index (χ1) is 9.98. The number of ketones is 1. The Balaban J connectivity index is 2.67. The molecule has 0 bridgehead atoms. The van der Waals surface area contributed by atoms with Crippen LogP contribution in [0.25, 0.3) is 0 Å². The van der Waals surface area contributed by atoms with Crippen molar-refractivity contribution in [1.29, 1.82) is 0 Å². The molecule has 5 nitrogen and oxygen atoms in total. The van der Waals surface area contributed by atoms with E-state index in [0.29, 0.717) is 12.0 Å². The smallest absolute Gasteiger partial charge is 0.300 e. The van der Waals surface area contributed by atoms with Crippen LogP contribution in [0.2, 0.25) is 0 Å². The molecular weight excluding hydrogens is 373 g/mol. The molecule has 0 saturated carbocycles. The zero-order valence-electron chi connectivity index (χ0n) is 12.0. The molecule has 22 heavy (non-hydrogen) atoms. The minimum absolute atomic E-state index is 0.0570. The third kappa shape index (κ3) is 7.76. The average molecular weight is 389 g/mol. The van der Waals surface area contributed by atoms with E-state index in [1.807, 2.05) is 0 Å². The Morgan fingerprint density at radius 1 is 1.27 bits per heavy atom. The van der Waals surface area contributed by atoms with Gasteiger partial charge in [0.15, 0.2) is 0 Å². The Morgan fingerprint density at radius 3 is 2.27 bits per heavy atom. The van der Waals surface area contributed by atoms with Gasteiger partial charge in [-0.1, -0.05) is 59.1 Å². The minimum Gasteiger partial charge on any atom is -0.300 e. The molecule has 0 aliphatic heterocycles. The molecule has 0 amide bonds. The quantitative estimate of drug-likeness (QED) is 0.729. The highest BCUT2D eigenvalue weighted by molar-refractivity contribution is 7.84. The van der Waals surface area contributed by atoms with Gasteiger partial charge in [-0.05, 0) is 25.0 Å². The van der Waals surface area contributed by atoms with Crippen molar-refractivity contribution in [2.24, 2.45) is 0 Å². The van der Waals surface area contributed by atoms with Crippen molar-refractivity contribution in [2.45, 2.75) is 30.1 Å². The summed E-state index contributed by atoms with van der Waals surface area (Å²) in [5.41, 5.74) is 1.58. The summed E-state index contributed by atoms with van der Waals surface area (Å²) >= 11 is 16.3. The van der Waals surface area contributed by atoms with Crippen molar-refractivity contribution in [3.05, 3.63) is 35.4 Å². The highest BCUT2D eigenvalue weighted by Crippen LogP contribution is 2.26. The van der Waals surface area contributed by atoms with Crippen LogP contribution in [0.1, 0.15) is 31.0 Å². The maximum Gasteiger partial charge on any atom is 0.336 e. The van der Waals surface area contributed by atoms with Gasteiger partial charge in [-0.25, -0.2) is 0 Å². The molecule has 0 fully saturated rings. The highest BCUT2D eigenvalue weighted by Gasteiger charge is 2.25. The molecule has 0 radical (unpaired) electrons. The highest BCUT2D eigenvalue weighted by atomic mass is 35.6. The number of benzene rings is 1. The van der Waals surface area contributed by atoms with Gasteiger partial charge in [0.25, 0.3) is 0 Å². The number of rotatable bonds is 7. The number of hydrogen-bond donors (Lipinski definition) is 1. The topological polar surface area (TPSA) is 72.5 Å². The zero-order valence-corrected chi connectivity index (χ0v) is 15.1. The molecule has 1 aromatic rings. The lowest BCUT2D eigenvalue weighted by Crippen LogP contribution is -2.31. The standard InChI is InChI=1S/C13H16Cl3NO4S/c1-9(18)7-11-3-5-12(6-4-11)10(2)17-22(19,20)21-8-13(14,15)16/h3-6,10,17H,7-8H2,1-2H3. The summed E-state index contributed by atoms with van der Waals surface area (Å²) in [5, 5.41) is 0. The fourth-order valence-corrected chi connectivity index (χ4v) is 3.00.